The lowest BCUT2D eigenvalue weighted by Gasteiger charge is -2.33. The van der Waals surface area contributed by atoms with Gasteiger partial charge in [0.25, 0.3) is 0 Å². The molecule has 2 aromatic rings. The summed E-state index contributed by atoms with van der Waals surface area (Å²) < 4.78 is 65.5. The summed E-state index contributed by atoms with van der Waals surface area (Å²) >= 11 is 0. The smallest absolute Gasteiger partial charge is 0.325 e. The van der Waals surface area contributed by atoms with Crippen molar-refractivity contribution in [3.63, 3.8) is 0 Å². The Bertz CT molecular complexity index is 1050. The molecule has 1 aliphatic heterocycles. The van der Waals surface area contributed by atoms with Crippen molar-refractivity contribution in [3.05, 3.63) is 59.7 Å². The van der Waals surface area contributed by atoms with Crippen LogP contribution in [0.1, 0.15) is 30.9 Å². The largest absolute Gasteiger partial charge is 0.416 e. The molecule has 0 unspecified atom stereocenters. The minimum absolute atomic E-state index is 0.0922. The molecule has 6 nitrogen and oxygen atoms in total. The summed E-state index contributed by atoms with van der Waals surface area (Å²) in [5.41, 5.74) is 0.849. The van der Waals surface area contributed by atoms with Gasteiger partial charge in [0.1, 0.15) is 0 Å². The summed E-state index contributed by atoms with van der Waals surface area (Å²) in [4.78, 5) is 13.8. The Hall–Kier alpha value is -2.43. The fourth-order valence-electron chi connectivity index (χ4n) is 3.46. The summed E-state index contributed by atoms with van der Waals surface area (Å²) in [6.07, 6.45) is -4.62. The second-order valence-corrected chi connectivity index (χ2v) is 9.97. The minimum Gasteiger partial charge on any atom is -0.325 e. The van der Waals surface area contributed by atoms with Crippen molar-refractivity contribution in [1.82, 2.24) is 9.21 Å². The van der Waals surface area contributed by atoms with E-state index in [9.17, 15) is 26.4 Å². The third-order valence-corrected chi connectivity index (χ3v) is 7.25. The third kappa shape index (κ3) is 5.87. The first-order valence-electron chi connectivity index (χ1n) is 10.3. The number of nitrogens with zero attached hydrogens (tertiary/aromatic N) is 2. The van der Waals surface area contributed by atoms with Gasteiger partial charge in [-0.1, -0.05) is 32.0 Å². The third-order valence-electron chi connectivity index (χ3n) is 5.36. The van der Waals surface area contributed by atoms with Gasteiger partial charge in [0.15, 0.2) is 0 Å². The van der Waals surface area contributed by atoms with Crippen LogP contribution in [0, 0.1) is 0 Å². The summed E-state index contributed by atoms with van der Waals surface area (Å²) in [6, 6.07) is 11.3. The molecule has 10 heteroatoms. The number of benzene rings is 2. The van der Waals surface area contributed by atoms with Crippen molar-refractivity contribution in [1.29, 1.82) is 0 Å². The minimum atomic E-state index is -4.62. The van der Waals surface area contributed by atoms with Crippen LogP contribution in [0.25, 0.3) is 0 Å². The lowest BCUT2D eigenvalue weighted by atomic mass is 10.0. The zero-order valence-electron chi connectivity index (χ0n) is 17.9. The van der Waals surface area contributed by atoms with Gasteiger partial charge in [0.2, 0.25) is 15.9 Å². The van der Waals surface area contributed by atoms with Crippen LogP contribution in [0.5, 0.6) is 0 Å². The molecule has 0 aliphatic carbocycles. The van der Waals surface area contributed by atoms with Crippen molar-refractivity contribution >= 4 is 21.6 Å². The second kappa shape index (κ2) is 9.60. The quantitative estimate of drug-likeness (QED) is 0.699. The fraction of sp³-hybridized carbons (Fsp3) is 0.409. The van der Waals surface area contributed by atoms with Crippen LogP contribution in [-0.4, -0.2) is 56.3 Å². The van der Waals surface area contributed by atoms with Gasteiger partial charge < -0.3 is 5.32 Å². The average Bonchev–Trinajstić information content (AvgIpc) is 2.74. The Morgan fingerprint density at radius 1 is 1.03 bits per heavy atom. The molecule has 1 fully saturated rings. The van der Waals surface area contributed by atoms with Crippen molar-refractivity contribution < 1.29 is 26.4 Å². The maximum atomic E-state index is 12.9. The summed E-state index contributed by atoms with van der Waals surface area (Å²) in [5.74, 6) is 0.180. The number of hydrogen-bond donors (Lipinski definition) is 1. The molecule has 0 atom stereocenters. The van der Waals surface area contributed by atoms with Gasteiger partial charge in [-0.15, -0.1) is 0 Å². The zero-order valence-corrected chi connectivity index (χ0v) is 18.7. The van der Waals surface area contributed by atoms with E-state index in [1.165, 1.54) is 5.56 Å². The van der Waals surface area contributed by atoms with E-state index in [0.29, 0.717) is 30.8 Å². The Morgan fingerprint density at radius 3 is 2.22 bits per heavy atom. The SMILES string of the molecule is CC(C)c1ccc(NC(=O)CN2CCN(S(=O)(=O)c3cccc(C(F)(F)F)c3)CC2)cc1. The Kier molecular flexibility index (Phi) is 7.26. The number of carbonyl (C=O) groups excluding carboxylic acids is 1. The standard InChI is InChI=1S/C22H26F3N3O3S/c1-16(2)17-6-8-19(9-7-17)26-21(29)15-27-10-12-28(13-11-27)32(30,31)20-5-3-4-18(14-20)22(23,24)25/h3-9,14,16H,10-13,15H2,1-2H3,(H,26,29). The number of halogens is 3. The molecular weight excluding hydrogens is 443 g/mol. The number of carbonyl (C=O) groups is 1. The number of piperazine rings is 1. The van der Waals surface area contributed by atoms with E-state index in [4.69, 9.17) is 0 Å². The van der Waals surface area contributed by atoms with Crippen molar-refractivity contribution in [2.75, 3.05) is 38.0 Å². The summed E-state index contributed by atoms with van der Waals surface area (Å²) in [6.45, 7) is 5.06. The Balaban J connectivity index is 1.56. The summed E-state index contributed by atoms with van der Waals surface area (Å²) in [5, 5.41) is 2.82. The molecule has 1 aliphatic rings. The van der Waals surface area contributed by atoms with Gasteiger partial charge in [-0.25, -0.2) is 8.42 Å². The molecule has 1 heterocycles. The number of nitrogens with one attached hydrogen (secondary N) is 1. The highest BCUT2D eigenvalue weighted by atomic mass is 32.2. The predicted octanol–water partition coefficient (Wildman–Crippen LogP) is 3.77. The molecule has 0 spiro atoms. The van der Waals surface area contributed by atoms with Crippen LogP contribution in [0.4, 0.5) is 18.9 Å². The van der Waals surface area contributed by atoms with E-state index in [1.807, 2.05) is 29.2 Å². The number of amides is 1. The summed E-state index contributed by atoms with van der Waals surface area (Å²) in [7, 11) is -4.05. The van der Waals surface area contributed by atoms with E-state index < -0.39 is 21.8 Å². The molecule has 32 heavy (non-hydrogen) atoms. The van der Waals surface area contributed by atoms with Crippen LogP contribution in [0.2, 0.25) is 0 Å². The van der Waals surface area contributed by atoms with Crippen LogP contribution in [0.15, 0.2) is 53.4 Å². The lowest BCUT2D eigenvalue weighted by Crippen LogP contribution is -2.50. The molecule has 0 bridgehead atoms. The van der Waals surface area contributed by atoms with Gasteiger partial charge in [-0.3, -0.25) is 9.69 Å². The number of rotatable bonds is 6. The molecule has 1 saturated heterocycles. The zero-order chi connectivity index (χ0) is 23.5. The molecule has 2 aromatic carbocycles. The van der Waals surface area contributed by atoms with Gasteiger partial charge >= 0.3 is 6.18 Å². The van der Waals surface area contributed by atoms with Gasteiger partial charge in [0, 0.05) is 31.9 Å². The molecule has 174 valence electrons. The van der Waals surface area contributed by atoms with E-state index >= 15 is 0 Å². The number of alkyl halides is 3. The number of anilines is 1. The maximum Gasteiger partial charge on any atom is 0.416 e. The first kappa shape index (κ1) is 24.2. The van der Waals surface area contributed by atoms with Crippen molar-refractivity contribution in [3.8, 4) is 0 Å². The first-order valence-corrected chi connectivity index (χ1v) is 11.7. The molecule has 0 saturated carbocycles. The number of hydrogen-bond acceptors (Lipinski definition) is 4. The van der Waals surface area contributed by atoms with Crippen LogP contribution < -0.4 is 5.32 Å². The Labute approximate surface area is 186 Å². The van der Waals surface area contributed by atoms with Gasteiger partial charge in [0.05, 0.1) is 17.0 Å². The molecule has 0 radical (unpaired) electrons. The molecule has 0 aromatic heterocycles. The molecule has 1 N–H and O–H groups in total. The highest BCUT2D eigenvalue weighted by Crippen LogP contribution is 2.31. The van der Waals surface area contributed by atoms with Crippen LogP contribution >= 0.6 is 0 Å². The predicted molar refractivity (Wildman–Crippen MR) is 116 cm³/mol. The van der Waals surface area contributed by atoms with E-state index in [2.05, 4.69) is 19.2 Å². The molecule has 1 amide bonds. The van der Waals surface area contributed by atoms with E-state index in [1.54, 1.807) is 0 Å². The lowest BCUT2D eigenvalue weighted by molar-refractivity contribution is -0.137. The monoisotopic (exact) mass is 469 g/mol. The fourth-order valence-corrected chi connectivity index (χ4v) is 4.93. The van der Waals surface area contributed by atoms with E-state index in [0.717, 1.165) is 22.5 Å². The molecular formula is C22H26F3N3O3S. The highest BCUT2D eigenvalue weighted by Gasteiger charge is 2.34. The van der Waals surface area contributed by atoms with Gasteiger partial charge in [-0.05, 0) is 41.8 Å². The topological polar surface area (TPSA) is 69.7 Å². The van der Waals surface area contributed by atoms with Crippen LogP contribution in [-0.2, 0) is 21.0 Å². The maximum absolute atomic E-state index is 12.9. The highest BCUT2D eigenvalue weighted by molar-refractivity contribution is 7.89. The van der Waals surface area contributed by atoms with Crippen LogP contribution in [0.3, 0.4) is 0 Å². The Morgan fingerprint density at radius 2 is 1.66 bits per heavy atom. The molecule has 3 rings (SSSR count). The normalized spacial score (nSPS) is 16.3. The van der Waals surface area contributed by atoms with Crippen molar-refractivity contribution in [2.24, 2.45) is 0 Å². The van der Waals surface area contributed by atoms with Crippen molar-refractivity contribution in [2.45, 2.75) is 30.8 Å². The van der Waals surface area contributed by atoms with E-state index in [-0.39, 0.29) is 30.4 Å². The van der Waals surface area contributed by atoms with Gasteiger partial charge in [-0.2, -0.15) is 17.5 Å². The second-order valence-electron chi connectivity index (χ2n) is 8.03. The average molecular weight is 470 g/mol. The number of sulfonamides is 1. The first-order chi connectivity index (χ1) is 15.0.